The third kappa shape index (κ3) is 4.73. The Hall–Kier alpha value is -4.60. The van der Waals surface area contributed by atoms with Crippen LogP contribution in [0.4, 0.5) is 17.6 Å². The predicted octanol–water partition coefficient (Wildman–Crippen LogP) is 7.36. The van der Waals surface area contributed by atoms with Crippen molar-refractivity contribution in [3.8, 4) is 17.2 Å². The van der Waals surface area contributed by atoms with E-state index in [-0.39, 0.29) is 35.2 Å². The van der Waals surface area contributed by atoms with Gasteiger partial charge in [0.25, 0.3) is 0 Å². The van der Waals surface area contributed by atoms with Gasteiger partial charge in [-0.3, -0.25) is 4.79 Å². The first-order valence-corrected chi connectivity index (χ1v) is 13.3. The quantitative estimate of drug-likeness (QED) is 0.193. The van der Waals surface area contributed by atoms with Crippen molar-refractivity contribution in [1.82, 2.24) is 14.8 Å². The van der Waals surface area contributed by atoms with Crippen LogP contribution in [0.1, 0.15) is 53.8 Å². The molecule has 41 heavy (non-hydrogen) atoms. The predicted molar refractivity (Wildman–Crippen MR) is 144 cm³/mol. The Kier molecular flexibility index (Phi) is 6.76. The molecule has 0 spiro atoms. The highest BCUT2D eigenvalue weighted by atomic mass is 19.1. The number of nitrogens with one attached hydrogen (secondary N) is 1. The summed E-state index contributed by atoms with van der Waals surface area (Å²) in [4.78, 5) is 13.8. The van der Waals surface area contributed by atoms with Gasteiger partial charge in [-0.15, -0.1) is 0 Å². The molecule has 6 nitrogen and oxygen atoms in total. The molecule has 5 aromatic rings. The van der Waals surface area contributed by atoms with Crippen LogP contribution in [-0.2, 0) is 24.1 Å². The number of carboxylic acid groups (broad SMARTS) is 1. The summed E-state index contributed by atoms with van der Waals surface area (Å²) >= 11 is 0. The monoisotopic (exact) mass is 563 g/mol. The average molecular weight is 564 g/mol. The van der Waals surface area contributed by atoms with Crippen LogP contribution in [0.15, 0.2) is 54.7 Å². The van der Waals surface area contributed by atoms with Gasteiger partial charge in [-0.25, -0.2) is 22.2 Å². The summed E-state index contributed by atoms with van der Waals surface area (Å²) in [6.45, 7) is 1.81. The second-order valence-corrected chi connectivity index (χ2v) is 10.2. The number of aromatic amines is 1. The van der Waals surface area contributed by atoms with Crippen molar-refractivity contribution < 1.29 is 32.2 Å². The minimum Gasteiger partial charge on any atom is -0.481 e. The summed E-state index contributed by atoms with van der Waals surface area (Å²) in [7, 11) is 0. The van der Waals surface area contributed by atoms with E-state index in [1.807, 2.05) is 6.92 Å². The lowest BCUT2D eigenvalue weighted by atomic mass is 9.92. The molecular formula is C31H25F4N3O3. The van der Waals surface area contributed by atoms with Gasteiger partial charge in [0.1, 0.15) is 23.1 Å². The van der Waals surface area contributed by atoms with E-state index in [0.717, 1.165) is 29.8 Å². The smallest absolute Gasteiger partial charge is 0.303 e. The minimum atomic E-state index is -1.01. The average Bonchev–Trinajstić information content (AvgIpc) is 3.68. The number of benzene rings is 3. The number of ether oxygens (including phenoxy) is 1. The second kappa shape index (κ2) is 10.4. The number of aromatic nitrogens is 3. The molecule has 0 bridgehead atoms. The van der Waals surface area contributed by atoms with E-state index in [2.05, 4.69) is 4.98 Å². The number of halogens is 4. The van der Waals surface area contributed by atoms with Crippen molar-refractivity contribution in [2.45, 2.75) is 44.9 Å². The van der Waals surface area contributed by atoms with Crippen molar-refractivity contribution in [3.05, 3.63) is 106 Å². The first-order valence-electron chi connectivity index (χ1n) is 13.3. The fraction of sp³-hybridized carbons (Fsp3) is 0.226. The van der Waals surface area contributed by atoms with E-state index in [4.69, 9.17) is 14.9 Å². The summed E-state index contributed by atoms with van der Waals surface area (Å²) in [5, 5.41) is 13.9. The van der Waals surface area contributed by atoms with Crippen LogP contribution < -0.4 is 4.74 Å². The molecule has 0 saturated carbocycles. The Morgan fingerprint density at radius 2 is 1.90 bits per heavy atom. The Morgan fingerprint density at radius 3 is 2.71 bits per heavy atom. The number of H-pyrrole nitrogens is 1. The topological polar surface area (TPSA) is 80.1 Å². The van der Waals surface area contributed by atoms with E-state index in [1.54, 1.807) is 18.2 Å². The van der Waals surface area contributed by atoms with E-state index < -0.39 is 40.9 Å². The fourth-order valence-electron chi connectivity index (χ4n) is 5.57. The lowest BCUT2D eigenvalue weighted by molar-refractivity contribution is -0.136. The van der Waals surface area contributed by atoms with Crippen LogP contribution >= 0.6 is 0 Å². The molecule has 0 saturated heterocycles. The fourth-order valence-corrected chi connectivity index (χ4v) is 5.57. The maximum absolute atomic E-state index is 15.4. The van der Waals surface area contributed by atoms with Gasteiger partial charge in [-0.2, -0.15) is 5.10 Å². The van der Waals surface area contributed by atoms with Crippen LogP contribution in [-0.4, -0.2) is 25.8 Å². The molecule has 1 aliphatic rings. The van der Waals surface area contributed by atoms with E-state index in [0.29, 0.717) is 29.7 Å². The number of aryl methyl sites for hydroxylation is 1. The van der Waals surface area contributed by atoms with E-state index >= 15 is 8.78 Å². The van der Waals surface area contributed by atoms with E-state index in [9.17, 15) is 13.6 Å². The van der Waals surface area contributed by atoms with Gasteiger partial charge in [0.15, 0.2) is 17.4 Å². The summed E-state index contributed by atoms with van der Waals surface area (Å²) in [5.74, 6) is -4.97. The molecule has 1 atom stereocenters. The standard InChI is InChI=1S/C31H25F4N3O3/c1-16(19-5-2-4-17(28(19)34)8-11-27(39)40)30-21-6-3-7-25(21)38(37-30)26-14-18(9-10-22(26)32)41-31-23(33)15-24-20(29(31)35)12-13-36-24/h2,4-5,9-10,12-16,36H,3,6-8,11H2,1H3,(H,39,40). The van der Waals surface area contributed by atoms with Crippen molar-refractivity contribution in [2.24, 2.45) is 0 Å². The van der Waals surface area contributed by atoms with Gasteiger partial charge >= 0.3 is 5.97 Å². The van der Waals surface area contributed by atoms with Crippen LogP contribution in [0.5, 0.6) is 11.5 Å². The molecule has 0 aliphatic heterocycles. The SMILES string of the molecule is CC(c1cccc(CCC(=O)O)c1F)c1nn(-c2cc(Oc3c(F)cc4[nH]ccc4c3F)ccc2F)c2c1CCC2. The van der Waals surface area contributed by atoms with Crippen molar-refractivity contribution in [2.75, 3.05) is 0 Å². The second-order valence-electron chi connectivity index (χ2n) is 10.2. The number of carbonyl (C=O) groups is 1. The van der Waals surface area contributed by atoms with E-state index in [1.165, 1.54) is 29.1 Å². The summed E-state index contributed by atoms with van der Waals surface area (Å²) < 4.78 is 67.4. The summed E-state index contributed by atoms with van der Waals surface area (Å²) in [6, 6.07) is 11.3. The Bertz CT molecular complexity index is 1810. The zero-order valence-electron chi connectivity index (χ0n) is 22.0. The summed E-state index contributed by atoms with van der Waals surface area (Å²) in [6.07, 6.45) is 3.46. The van der Waals surface area contributed by atoms with Crippen LogP contribution in [0, 0.1) is 23.3 Å². The van der Waals surface area contributed by atoms with Crippen LogP contribution in [0.25, 0.3) is 16.6 Å². The highest BCUT2D eigenvalue weighted by molar-refractivity contribution is 5.82. The highest BCUT2D eigenvalue weighted by Crippen LogP contribution is 2.38. The molecule has 210 valence electrons. The van der Waals surface area contributed by atoms with Crippen molar-refractivity contribution >= 4 is 16.9 Å². The molecule has 2 N–H and O–H groups in total. The number of hydrogen-bond acceptors (Lipinski definition) is 3. The zero-order valence-corrected chi connectivity index (χ0v) is 22.0. The minimum absolute atomic E-state index is 0.0168. The van der Waals surface area contributed by atoms with Gasteiger partial charge in [0.2, 0.25) is 0 Å². The molecule has 2 aromatic heterocycles. The number of nitrogens with zero attached hydrogens (tertiary/aromatic N) is 2. The largest absolute Gasteiger partial charge is 0.481 e. The zero-order chi connectivity index (χ0) is 28.8. The van der Waals surface area contributed by atoms with Gasteiger partial charge in [-0.05, 0) is 60.6 Å². The lowest BCUT2D eigenvalue weighted by Crippen LogP contribution is -2.08. The Balaban J connectivity index is 1.37. The number of fused-ring (bicyclic) bond motifs is 2. The molecule has 2 heterocycles. The van der Waals surface area contributed by atoms with Crippen LogP contribution in [0.3, 0.4) is 0 Å². The molecule has 0 radical (unpaired) electrons. The molecule has 3 aromatic carbocycles. The first kappa shape index (κ1) is 26.6. The first-order chi connectivity index (χ1) is 19.7. The maximum Gasteiger partial charge on any atom is 0.303 e. The van der Waals surface area contributed by atoms with Crippen molar-refractivity contribution in [3.63, 3.8) is 0 Å². The molecule has 0 amide bonds. The molecule has 6 rings (SSSR count). The molecule has 10 heteroatoms. The third-order valence-electron chi connectivity index (χ3n) is 7.62. The number of carboxylic acids is 1. The van der Waals surface area contributed by atoms with Gasteiger partial charge < -0.3 is 14.8 Å². The third-order valence-corrected chi connectivity index (χ3v) is 7.62. The maximum atomic E-state index is 15.4. The van der Waals surface area contributed by atoms with Crippen LogP contribution in [0.2, 0.25) is 0 Å². The molecule has 1 aliphatic carbocycles. The van der Waals surface area contributed by atoms with Crippen molar-refractivity contribution in [1.29, 1.82) is 0 Å². The molecule has 1 unspecified atom stereocenters. The van der Waals surface area contributed by atoms with Gasteiger partial charge in [0.05, 0.1) is 11.2 Å². The summed E-state index contributed by atoms with van der Waals surface area (Å²) in [5.41, 5.74) is 3.26. The Morgan fingerprint density at radius 1 is 1.07 bits per heavy atom. The number of hydrogen-bond donors (Lipinski definition) is 2. The Labute approximate surface area is 232 Å². The highest BCUT2D eigenvalue weighted by Gasteiger charge is 2.29. The molecule has 0 fully saturated rings. The molecular weight excluding hydrogens is 538 g/mol. The normalized spacial score (nSPS) is 13.5. The number of rotatable bonds is 8. The lowest BCUT2D eigenvalue weighted by Gasteiger charge is -2.15. The van der Waals surface area contributed by atoms with Gasteiger partial charge in [-0.1, -0.05) is 25.1 Å². The van der Waals surface area contributed by atoms with Gasteiger partial charge in [0, 0.05) is 41.7 Å². The number of aliphatic carboxylic acids is 1.